The third kappa shape index (κ3) is 2.89. The fourth-order valence-electron chi connectivity index (χ4n) is 3.09. The first-order valence-corrected chi connectivity index (χ1v) is 7.93. The number of nitrogens with two attached hydrogens (primary N) is 1. The zero-order valence-electron chi connectivity index (χ0n) is 13.2. The molecule has 0 aliphatic carbocycles. The molecule has 23 heavy (non-hydrogen) atoms. The Morgan fingerprint density at radius 1 is 1.17 bits per heavy atom. The number of piperazine rings is 1. The fourth-order valence-corrected chi connectivity index (χ4v) is 3.09. The molecule has 1 atom stereocenters. The van der Waals surface area contributed by atoms with Crippen LogP contribution < -0.4 is 15.2 Å². The monoisotopic (exact) mass is 315 g/mol. The van der Waals surface area contributed by atoms with Gasteiger partial charge in [0.2, 0.25) is 0 Å². The summed E-state index contributed by atoms with van der Waals surface area (Å²) in [7, 11) is 2.16. The molecule has 0 saturated carbocycles. The van der Waals surface area contributed by atoms with Crippen molar-refractivity contribution in [2.75, 3.05) is 52.1 Å². The standard InChI is InChI=1S/C16H21N5O2/c1-20-2-4-21(5-3-20)8-11-9-22-14-7-13-12(6-15(14)23-11)16(17)19-10-18-13/h6-7,10-11H,2-5,8-9H2,1H3,(H2,17,18,19). The summed E-state index contributed by atoms with van der Waals surface area (Å²) in [5.74, 6) is 1.91. The van der Waals surface area contributed by atoms with Crippen molar-refractivity contribution in [1.82, 2.24) is 19.8 Å². The Bertz CT molecular complexity index is 715. The molecule has 1 aromatic carbocycles. The molecule has 122 valence electrons. The van der Waals surface area contributed by atoms with Gasteiger partial charge in [-0.3, -0.25) is 4.90 Å². The highest BCUT2D eigenvalue weighted by Gasteiger charge is 2.25. The van der Waals surface area contributed by atoms with E-state index in [9.17, 15) is 0 Å². The van der Waals surface area contributed by atoms with Gasteiger partial charge in [0, 0.05) is 44.2 Å². The predicted octanol–water partition coefficient (Wildman–Crippen LogP) is 0.599. The molecule has 1 aromatic heterocycles. The average molecular weight is 315 g/mol. The smallest absolute Gasteiger partial charge is 0.163 e. The molecule has 1 saturated heterocycles. The van der Waals surface area contributed by atoms with Gasteiger partial charge in [0.1, 0.15) is 24.9 Å². The van der Waals surface area contributed by atoms with Gasteiger partial charge in [0.25, 0.3) is 0 Å². The molecule has 2 aliphatic rings. The van der Waals surface area contributed by atoms with Gasteiger partial charge in [-0.1, -0.05) is 0 Å². The SMILES string of the molecule is CN1CCN(CC2COc3cc4ncnc(N)c4cc3O2)CC1. The van der Waals surface area contributed by atoms with Crippen LogP contribution in [0.15, 0.2) is 18.5 Å². The van der Waals surface area contributed by atoms with Crippen molar-refractivity contribution in [2.45, 2.75) is 6.10 Å². The number of hydrogen-bond donors (Lipinski definition) is 1. The Balaban J connectivity index is 1.51. The van der Waals surface area contributed by atoms with E-state index >= 15 is 0 Å². The van der Waals surface area contributed by atoms with Crippen LogP contribution in [-0.4, -0.2) is 72.3 Å². The summed E-state index contributed by atoms with van der Waals surface area (Å²) in [5, 5.41) is 0.801. The quantitative estimate of drug-likeness (QED) is 0.869. The van der Waals surface area contributed by atoms with Crippen molar-refractivity contribution in [3.05, 3.63) is 18.5 Å². The molecular formula is C16H21N5O2. The second-order valence-corrected chi connectivity index (χ2v) is 6.23. The number of hydrogen-bond acceptors (Lipinski definition) is 7. The van der Waals surface area contributed by atoms with Gasteiger partial charge in [0.15, 0.2) is 11.5 Å². The summed E-state index contributed by atoms with van der Waals surface area (Å²) in [6, 6.07) is 3.75. The molecule has 7 heteroatoms. The first-order valence-electron chi connectivity index (χ1n) is 7.93. The van der Waals surface area contributed by atoms with Gasteiger partial charge in [0.05, 0.1) is 5.52 Å². The van der Waals surface area contributed by atoms with E-state index < -0.39 is 0 Å². The number of benzene rings is 1. The maximum Gasteiger partial charge on any atom is 0.163 e. The lowest BCUT2D eigenvalue weighted by molar-refractivity contribution is 0.0442. The number of nitrogens with zero attached hydrogens (tertiary/aromatic N) is 4. The molecule has 1 unspecified atom stereocenters. The molecule has 0 amide bonds. The van der Waals surface area contributed by atoms with E-state index in [1.807, 2.05) is 12.1 Å². The Morgan fingerprint density at radius 3 is 2.83 bits per heavy atom. The largest absolute Gasteiger partial charge is 0.486 e. The van der Waals surface area contributed by atoms with Crippen molar-refractivity contribution in [1.29, 1.82) is 0 Å². The molecule has 0 spiro atoms. The summed E-state index contributed by atoms with van der Waals surface area (Å²) in [5.41, 5.74) is 6.70. The minimum absolute atomic E-state index is 0.0363. The molecule has 4 rings (SSSR count). The van der Waals surface area contributed by atoms with E-state index in [-0.39, 0.29) is 6.10 Å². The van der Waals surface area contributed by atoms with Gasteiger partial charge in [-0.05, 0) is 13.1 Å². The number of ether oxygens (including phenoxy) is 2. The van der Waals surface area contributed by atoms with Crippen LogP contribution in [0.2, 0.25) is 0 Å². The predicted molar refractivity (Wildman–Crippen MR) is 87.8 cm³/mol. The van der Waals surface area contributed by atoms with E-state index in [1.54, 1.807) is 0 Å². The summed E-state index contributed by atoms with van der Waals surface area (Å²) >= 11 is 0. The highest BCUT2D eigenvalue weighted by Crippen LogP contribution is 2.36. The number of aromatic nitrogens is 2. The third-order valence-electron chi connectivity index (χ3n) is 4.51. The molecule has 2 aromatic rings. The van der Waals surface area contributed by atoms with E-state index in [4.69, 9.17) is 15.2 Å². The van der Waals surface area contributed by atoms with Crippen LogP contribution in [0.3, 0.4) is 0 Å². The Labute approximate surface area is 135 Å². The molecular weight excluding hydrogens is 294 g/mol. The van der Waals surface area contributed by atoms with E-state index in [2.05, 4.69) is 26.8 Å². The Hall–Kier alpha value is -2.12. The van der Waals surface area contributed by atoms with E-state index in [1.165, 1.54) is 6.33 Å². The average Bonchev–Trinajstić information content (AvgIpc) is 2.56. The third-order valence-corrected chi connectivity index (χ3v) is 4.51. The zero-order valence-corrected chi connectivity index (χ0v) is 13.2. The van der Waals surface area contributed by atoms with Crippen LogP contribution in [0.4, 0.5) is 5.82 Å². The molecule has 0 bridgehead atoms. The van der Waals surface area contributed by atoms with Crippen LogP contribution in [0, 0.1) is 0 Å². The normalized spacial score (nSPS) is 22.4. The lowest BCUT2D eigenvalue weighted by Crippen LogP contribution is -2.49. The Kier molecular flexibility index (Phi) is 3.66. The van der Waals surface area contributed by atoms with Crippen molar-refractivity contribution < 1.29 is 9.47 Å². The summed E-state index contributed by atoms with van der Waals surface area (Å²) in [4.78, 5) is 13.0. The zero-order chi connectivity index (χ0) is 15.8. The maximum absolute atomic E-state index is 6.13. The molecule has 0 radical (unpaired) electrons. The van der Waals surface area contributed by atoms with Crippen molar-refractivity contribution in [2.24, 2.45) is 0 Å². The van der Waals surface area contributed by atoms with Gasteiger partial charge < -0.3 is 20.1 Å². The van der Waals surface area contributed by atoms with Crippen molar-refractivity contribution in [3.8, 4) is 11.5 Å². The lowest BCUT2D eigenvalue weighted by atomic mass is 10.2. The van der Waals surface area contributed by atoms with Crippen molar-refractivity contribution >= 4 is 16.7 Å². The minimum Gasteiger partial charge on any atom is -0.486 e. The minimum atomic E-state index is 0.0363. The number of likely N-dealkylation sites (N-methyl/N-ethyl adjacent to an activating group) is 1. The number of rotatable bonds is 2. The topological polar surface area (TPSA) is 76.7 Å². The second kappa shape index (κ2) is 5.82. The number of nitrogen functional groups attached to an aromatic ring is 1. The van der Waals surface area contributed by atoms with E-state index in [0.717, 1.165) is 55.1 Å². The highest BCUT2D eigenvalue weighted by molar-refractivity contribution is 5.90. The number of anilines is 1. The van der Waals surface area contributed by atoms with Gasteiger partial charge in [-0.2, -0.15) is 0 Å². The molecule has 2 aliphatic heterocycles. The van der Waals surface area contributed by atoms with Crippen LogP contribution in [-0.2, 0) is 0 Å². The lowest BCUT2D eigenvalue weighted by Gasteiger charge is -2.36. The fraction of sp³-hybridized carbons (Fsp3) is 0.500. The summed E-state index contributed by atoms with van der Waals surface area (Å²) < 4.78 is 12.0. The van der Waals surface area contributed by atoms with Crippen molar-refractivity contribution in [3.63, 3.8) is 0 Å². The summed E-state index contributed by atoms with van der Waals surface area (Å²) in [6.07, 6.45) is 1.50. The first-order chi connectivity index (χ1) is 11.2. The van der Waals surface area contributed by atoms with Crippen LogP contribution in [0.5, 0.6) is 11.5 Å². The summed E-state index contributed by atoms with van der Waals surface area (Å²) in [6.45, 7) is 5.78. The maximum atomic E-state index is 6.13. The second-order valence-electron chi connectivity index (χ2n) is 6.23. The molecule has 2 N–H and O–H groups in total. The van der Waals surface area contributed by atoms with Crippen LogP contribution in [0.1, 0.15) is 0 Å². The van der Waals surface area contributed by atoms with Gasteiger partial charge >= 0.3 is 0 Å². The van der Waals surface area contributed by atoms with Crippen LogP contribution in [0.25, 0.3) is 10.9 Å². The molecule has 1 fully saturated rings. The Morgan fingerprint density at radius 2 is 2.00 bits per heavy atom. The molecule has 3 heterocycles. The number of fused-ring (bicyclic) bond motifs is 2. The van der Waals surface area contributed by atoms with Crippen LogP contribution >= 0.6 is 0 Å². The highest BCUT2D eigenvalue weighted by atomic mass is 16.6. The van der Waals surface area contributed by atoms with Gasteiger partial charge in [-0.25, -0.2) is 9.97 Å². The van der Waals surface area contributed by atoms with E-state index in [0.29, 0.717) is 12.4 Å². The first kappa shape index (κ1) is 14.5. The molecule has 7 nitrogen and oxygen atoms in total. The van der Waals surface area contributed by atoms with Gasteiger partial charge in [-0.15, -0.1) is 0 Å².